The van der Waals surface area contributed by atoms with Crippen molar-refractivity contribution in [3.8, 4) is 0 Å². The number of nitrogens with one attached hydrogen (secondary N) is 3. The predicted molar refractivity (Wildman–Crippen MR) is 143 cm³/mol. The van der Waals surface area contributed by atoms with Crippen LogP contribution in [-0.4, -0.2) is 110 Å². The number of nitrogens with zero attached hydrogens (tertiary/aromatic N) is 3. The topological polar surface area (TPSA) is 107 Å². The molecule has 0 spiro atoms. The van der Waals surface area contributed by atoms with Crippen molar-refractivity contribution in [2.24, 2.45) is 22.6 Å². The van der Waals surface area contributed by atoms with E-state index < -0.39 is 24.3 Å². The molecule has 208 valence electrons. The van der Waals surface area contributed by atoms with Crippen molar-refractivity contribution < 1.29 is 13.9 Å². The highest BCUT2D eigenvalue weighted by molar-refractivity contribution is 5.81. The first kappa shape index (κ1) is 27.0. The van der Waals surface area contributed by atoms with E-state index in [1.165, 1.54) is 12.6 Å². The van der Waals surface area contributed by atoms with Crippen molar-refractivity contribution in [2.75, 3.05) is 39.4 Å². The first-order valence-electron chi connectivity index (χ1n) is 14.4. The van der Waals surface area contributed by atoms with Gasteiger partial charge in [-0.2, -0.15) is 0 Å². The molecule has 1 aliphatic carbocycles. The zero-order valence-electron chi connectivity index (χ0n) is 22.6. The number of carbonyl (C=O) groups is 1. The first-order valence-corrected chi connectivity index (χ1v) is 14.4. The van der Waals surface area contributed by atoms with Crippen LogP contribution >= 0.6 is 0 Å². The van der Waals surface area contributed by atoms with E-state index in [0.29, 0.717) is 24.2 Å². The Kier molecular flexibility index (Phi) is 8.50. The van der Waals surface area contributed by atoms with E-state index in [2.05, 4.69) is 44.6 Å². The minimum atomic E-state index is -1.18. The van der Waals surface area contributed by atoms with Gasteiger partial charge in [-0.05, 0) is 38.6 Å². The number of aliphatic imine (C=N–C) groups is 1. The van der Waals surface area contributed by atoms with Crippen LogP contribution in [0.25, 0.3) is 0 Å². The number of piperidine rings is 1. The van der Waals surface area contributed by atoms with Crippen molar-refractivity contribution in [1.29, 1.82) is 0 Å². The average Bonchev–Trinajstić information content (AvgIpc) is 3.65. The zero-order valence-corrected chi connectivity index (χ0v) is 22.6. The molecule has 9 unspecified atom stereocenters. The molecule has 0 aromatic carbocycles. The fraction of sp³-hybridized carbons (Fsp3) is 0.852. The van der Waals surface area contributed by atoms with E-state index in [1.54, 1.807) is 0 Å². The van der Waals surface area contributed by atoms with Gasteiger partial charge in [-0.1, -0.05) is 19.9 Å². The van der Waals surface area contributed by atoms with E-state index >= 15 is 0 Å². The van der Waals surface area contributed by atoms with Crippen molar-refractivity contribution in [3.63, 3.8) is 0 Å². The number of halogens is 1. The molecule has 0 aromatic rings. The second kappa shape index (κ2) is 11.7. The summed E-state index contributed by atoms with van der Waals surface area (Å²) in [5.41, 5.74) is 7.54. The molecular formula is C27H46FN7O2. The summed E-state index contributed by atoms with van der Waals surface area (Å²) in [6.45, 7) is 11.6. The summed E-state index contributed by atoms with van der Waals surface area (Å²) in [5.74, 6) is -0.515. The molecule has 1 amide bonds. The molecule has 4 aliphatic heterocycles. The Balaban J connectivity index is 1.27. The van der Waals surface area contributed by atoms with Gasteiger partial charge in [0.05, 0.1) is 43.4 Å². The van der Waals surface area contributed by atoms with Crippen LogP contribution in [0.5, 0.6) is 0 Å². The van der Waals surface area contributed by atoms with E-state index in [9.17, 15) is 9.18 Å². The lowest BCUT2D eigenvalue weighted by molar-refractivity contribution is -0.128. The molecule has 5 aliphatic rings. The number of piperazine rings is 1. The summed E-state index contributed by atoms with van der Waals surface area (Å²) in [6.07, 6.45) is 4.81. The summed E-state index contributed by atoms with van der Waals surface area (Å²) in [7, 11) is 0. The van der Waals surface area contributed by atoms with Crippen LogP contribution in [0.1, 0.15) is 46.5 Å². The van der Waals surface area contributed by atoms with Crippen molar-refractivity contribution in [1.82, 2.24) is 25.8 Å². The quantitative estimate of drug-likeness (QED) is 0.407. The summed E-state index contributed by atoms with van der Waals surface area (Å²) >= 11 is 0. The maximum absolute atomic E-state index is 14.5. The third-order valence-electron chi connectivity index (χ3n) is 9.21. The van der Waals surface area contributed by atoms with E-state index in [-0.39, 0.29) is 24.3 Å². The van der Waals surface area contributed by atoms with Gasteiger partial charge >= 0.3 is 0 Å². The number of alkyl halides is 1. The fourth-order valence-electron chi connectivity index (χ4n) is 6.60. The molecule has 4 fully saturated rings. The molecule has 0 aromatic heterocycles. The number of hydrogen-bond donors (Lipinski definition) is 4. The highest BCUT2D eigenvalue weighted by atomic mass is 19.1. The largest absolute Gasteiger partial charge is 0.378 e. The van der Waals surface area contributed by atoms with Gasteiger partial charge in [0.15, 0.2) is 0 Å². The highest BCUT2D eigenvalue weighted by Gasteiger charge is 2.54. The highest BCUT2D eigenvalue weighted by Crippen LogP contribution is 2.41. The minimum Gasteiger partial charge on any atom is -0.378 e. The fourth-order valence-corrected chi connectivity index (χ4v) is 6.60. The standard InChI is InChI=1S/C27H46FN7O2/c1-4-16(2)20-6-5-18(28)12-31-17(3)25(26(29)32-20)27(36)33-21-13-30-8-7-22(21)35-10-9-34(19-14-37-15-19)23-11-24(23)35/h6,12,16-19,21-26,30,32H,4-5,7-11,13-15,29H2,1-3H3,(H,33,36)/b20-6-,31-12?. The van der Waals surface area contributed by atoms with Gasteiger partial charge in [-0.3, -0.25) is 19.6 Å². The molecule has 10 heteroatoms. The van der Waals surface area contributed by atoms with Crippen LogP contribution in [0.2, 0.25) is 0 Å². The number of nitrogens with two attached hydrogens (primary N) is 1. The molecule has 0 radical (unpaired) electrons. The Morgan fingerprint density at radius 3 is 2.78 bits per heavy atom. The minimum absolute atomic E-state index is 0.00151. The van der Waals surface area contributed by atoms with Crippen molar-refractivity contribution >= 4 is 12.1 Å². The maximum atomic E-state index is 14.5. The molecule has 1 saturated carbocycles. The monoisotopic (exact) mass is 519 g/mol. The summed E-state index contributed by atoms with van der Waals surface area (Å²) in [5, 5.41) is 10.2. The Labute approximate surface area is 220 Å². The average molecular weight is 520 g/mol. The maximum Gasteiger partial charge on any atom is 0.229 e. The predicted octanol–water partition coefficient (Wildman–Crippen LogP) is 0.612. The normalized spacial score (nSPS) is 41.9. The molecule has 37 heavy (non-hydrogen) atoms. The Hall–Kier alpha value is -1.59. The number of rotatable bonds is 6. The molecule has 9 nitrogen and oxygen atoms in total. The van der Waals surface area contributed by atoms with Crippen LogP contribution in [0.4, 0.5) is 4.39 Å². The summed E-state index contributed by atoms with van der Waals surface area (Å²) < 4.78 is 19.9. The van der Waals surface area contributed by atoms with E-state index in [1.807, 2.05) is 13.0 Å². The lowest BCUT2D eigenvalue weighted by atomic mass is 9.92. The third-order valence-corrected chi connectivity index (χ3v) is 9.21. The van der Waals surface area contributed by atoms with Crippen molar-refractivity contribution in [3.05, 3.63) is 11.8 Å². The van der Waals surface area contributed by atoms with E-state index in [0.717, 1.165) is 57.9 Å². The summed E-state index contributed by atoms with van der Waals surface area (Å²) in [6, 6.07) is 1.64. The molecule has 4 heterocycles. The number of fused-ring (bicyclic) bond motifs is 1. The zero-order chi connectivity index (χ0) is 26.1. The second-order valence-corrected chi connectivity index (χ2v) is 11.7. The van der Waals surface area contributed by atoms with Crippen LogP contribution in [0, 0.1) is 11.8 Å². The van der Waals surface area contributed by atoms with Gasteiger partial charge in [0, 0.05) is 56.1 Å². The van der Waals surface area contributed by atoms with Gasteiger partial charge < -0.3 is 26.4 Å². The van der Waals surface area contributed by atoms with Crippen LogP contribution in [0.3, 0.4) is 0 Å². The first-order chi connectivity index (χ1) is 17.9. The van der Waals surface area contributed by atoms with Gasteiger partial charge in [-0.25, -0.2) is 4.39 Å². The molecule has 9 atom stereocenters. The number of hydrogen-bond acceptors (Lipinski definition) is 8. The smallest absolute Gasteiger partial charge is 0.229 e. The second-order valence-electron chi connectivity index (χ2n) is 11.7. The lowest BCUT2D eigenvalue weighted by Crippen LogP contribution is -2.65. The van der Waals surface area contributed by atoms with Gasteiger partial charge in [0.1, 0.15) is 6.17 Å². The molecule has 5 N–H and O–H groups in total. The lowest BCUT2D eigenvalue weighted by Gasteiger charge is -2.47. The van der Waals surface area contributed by atoms with Gasteiger partial charge in [0.2, 0.25) is 5.91 Å². The molecule has 5 rings (SSSR count). The number of allylic oxidation sites excluding steroid dienone is 2. The van der Waals surface area contributed by atoms with E-state index in [4.69, 9.17) is 10.5 Å². The van der Waals surface area contributed by atoms with Crippen LogP contribution < -0.4 is 21.7 Å². The van der Waals surface area contributed by atoms with Crippen LogP contribution in [0.15, 0.2) is 16.8 Å². The third kappa shape index (κ3) is 5.88. The van der Waals surface area contributed by atoms with Crippen LogP contribution in [-0.2, 0) is 9.53 Å². The molecular weight excluding hydrogens is 473 g/mol. The number of amides is 1. The Bertz CT molecular complexity index is 868. The van der Waals surface area contributed by atoms with Crippen molar-refractivity contribution in [2.45, 2.75) is 95.0 Å². The molecule has 0 bridgehead atoms. The summed E-state index contributed by atoms with van der Waals surface area (Å²) in [4.78, 5) is 23.5. The SMILES string of the molecule is CCC(C)/C1=C/CC(F)C=NC(C)C(C(=O)NC2CNCCC2N2CCN(C3COC3)C3CC32)C(N)N1. The van der Waals surface area contributed by atoms with Gasteiger partial charge in [-0.15, -0.1) is 0 Å². The van der Waals surface area contributed by atoms with Gasteiger partial charge in [0.25, 0.3) is 0 Å². The number of ether oxygens (including phenoxy) is 1. The molecule has 3 saturated heterocycles. The Morgan fingerprint density at radius 1 is 1.30 bits per heavy atom. The number of carbonyl (C=O) groups excluding carboxylic acids is 1. The Morgan fingerprint density at radius 2 is 2.05 bits per heavy atom.